The summed E-state index contributed by atoms with van der Waals surface area (Å²) < 4.78 is 10.9. The van der Waals surface area contributed by atoms with E-state index in [-0.39, 0.29) is 6.10 Å². The van der Waals surface area contributed by atoms with Crippen molar-refractivity contribution in [2.24, 2.45) is 5.73 Å². The lowest BCUT2D eigenvalue weighted by molar-refractivity contribution is -0.145. The van der Waals surface area contributed by atoms with Crippen LogP contribution in [-0.2, 0) is 16.0 Å². The Morgan fingerprint density at radius 2 is 2.11 bits per heavy atom. The minimum atomic E-state index is 0.287. The molecule has 1 aliphatic rings. The van der Waals surface area contributed by atoms with Gasteiger partial charge in [0.05, 0.1) is 12.7 Å². The van der Waals surface area contributed by atoms with Crippen LogP contribution in [0.3, 0.4) is 0 Å². The summed E-state index contributed by atoms with van der Waals surface area (Å²) in [5.74, 6) is 0. The summed E-state index contributed by atoms with van der Waals surface area (Å²) in [6.07, 6.45) is 2.29. The van der Waals surface area contributed by atoms with E-state index in [4.69, 9.17) is 15.2 Å². The lowest BCUT2D eigenvalue weighted by Crippen LogP contribution is -2.38. The van der Waals surface area contributed by atoms with E-state index in [0.29, 0.717) is 6.79 Å². The van der Waals surface area contributed by atoms with Crippen LogP contribution in [0.4, 0.5) is 0 Å². The first-order valence-corrected chi connectivity index (χ1v) is 7.04. The summed E-state index contributed by atoms with van der Waals surface area (Å²) in [5, 5.41) is 0. The van der Waals surface area contributed by atoms with Crippen molar-refractivity contribution in [2.45, 2.75) is 25.5 Å². The molecule has 1 atom stereocenters. The lowest BCUT2D eigenvalue weighted by atomic mass is 10.1. The Balaban J connectivity index is 1.87. The molecule has 2 N–H and O–H groups in total. The molecule has 4 heteroatoms. The van der Waals surface area contributed by atoms with Gasteiger partial charge in [0, 0.05) is 13.1 Å². The van der Waals surface area contributed by atoms with Crippen LogP contribution in [0.5, 0.6) is 0 Å². The van der Waals surface area contributed by atoms with E-state index in [0.717, 1.165) is 45.6 Å². The number of hydrogen-bond acceptors (Lipinski definition) is 4. The highest BCUT2D eigenvalue weighted by Gasteiger charge is 2.18. The third-order valence-electron chi connectivity index (χ3n) is 3.36. The molecule has 0 saturated carbocycles. The van der Waals surface area contributed by atoms with Crippen LogP contribution in [0.2, 0.25) is 0 Å². The molecule has 0 bridgehead atoms. The van der Waals surface area contributed by atoms with Gasteiger partial charge >= 0.3 is 0 Å². The van der Waals surface area contributed by atoms with Gasteiger partial charge in [-0.05, 0) is 31.5 Å². The average Bonchev–Trinajstić information content (AvgIpc) is 2.47. The van der Waals surface area contributed by atoms with E-state index >= 15 is 0 Å². The second kappa shape index (κ2) is 8.27. The summed E-state index contributed by atoms with van der Waals surface area (Å²) in [5.41, 5.74) is 6.96. The molecule has 0 aliphatic carbocycles. The zero-order valence-corrected chi connectivity index (χ0v) is 11.5. The van der Waals surface area contributed by atoms with Crippen molar-refractivity contribution < 1.29 is 9.47 Å². The van der Waals surface area contributed by atoms with Crippen molar-refractivity contribution in [3.63, 3.8) is 0 Å². The second-order valence-corrected chi connectivity index (χ2v) is 4.97. The molecule has 1 aliphatic heterocycles. The van der Waals surface area contributed by atoms with E-state index < -0.39 is 0 Å². The standard InChI is InChI=1S/C15H24N2O2/c16-8-4-9-17(11-14-5-2-1-3-6-14)12-15-7-10-18-13-19-15/h1-3,5-6,15H,4,7-13,16H2. The Hall–Kier alpha value is -0.940. The third kappa shape index (κ3) is 5.28. The minimum absolute atomic E-state index is 0.287. The van der Waals surface area contributed by atoms with Gasteiger partial charge in [-0.25, -0.2) is 0 Å². The number of nitrogens with two attached hydrogens (primary N) is 1. The molecule has 1 aromatic carbocycles. The van der Waals surface area contributed by atoms with Crippen LogP contribution < -0.4 is 5.73 Å². The highest BCUT2D eigenvalue weighted by molar-refractivity contribution is 5.14. The van der Waals surface area contributed by atoms with Gasteiger partial charge in [-0.15, -0.1) is 0 Å². The molecule has 106 valence electrons. The molecule has 1 heterocycles. The normalized spacial score (nSPS) is 19.8. The summed E-state index contributed by atoms with van der Waals surface area (Å²) in [6, 6.07) is 10.6. The predicted octanol–water partition coefficient (Wildman–Crippen LogP) is 1.60. The van der Waals surface area contributed by atoms with Gasteiger partial charge in [-0.3, -0.25) is 4.90 Å². The molecular weight excluding hydrogens is 240 g/mol. The summed E-state index contributed by atoms with van der Waals surface area (Å²) >= 11 is 0. The van der Waals surface area contributed by atoms with Crippen molar-refractivity contribution in [3.05, 3.63) is 35.9 Å². The van der Waals surface area contributed by atoms with Crippen LogP contribution in [0.15, 0.2) is 30.3 Å². The zero-order chi connectivity index (χ0) is 13.3. The molecule has 19 heavy (non-hydrogen) atoms. The zero-order valence-electron chi connectivity index (χ0n) is 11.5. The van der Waals surface area contributed by atoms with Crippen LogP contribution >= 0.6 is 0 Å². The van der Waals surface area contributed by atoms with Gasteiger partial charge in [-0.2, -0.15) is 0 Å². The van der Waals surface area contributed by atoms with Crippen molar-refractivity contribution in [1.82, 2.24) is 4.90 Å². The maximum Gasteiger partial charge on any atom is 0.147 e. The molecule has 4 nitrogen and oxygen atoms in total. The fraction of sp³-hybridized carbons (Fsp3) is 0.600. The fourth-order valence-corrected chi connectivity index (χ4v) is 2.32. The number of benzene rings is 1. The average molecular weight is 264 g/mol. The van der Waals surface area contributed by atoms with Crippen molar-refractivity contribution in [1.29, 1.82) is 0 Å². The topological polar surface area (TPSA) is 47.7 Å². The van der Waals surface area contributed by atoms with Crippen molar-refractivity contribution in [3.8, 4) is 0 Å². The summed E-state index contributed by atoms with van der Waals surface area (Å²) in [4.78, 5) is 2.43. The van der Waals surface area contributed by atoms with Gasteiger partial charge in [0.1, 0.15) is 6.79 Å². The Labute approximate surface area is 115 Å². The smallest absolute Gasteiger partial charge is 0.147 e. The molecule has 0 amide bonds. The molecule has 1 unspecified atom stereocenters. The first kappa shape index (κ1) is 14.5. The maximum absolute atomic E-state index is 5.63. The Bertz CT molecular complexity index is 339. The summed E-state index contributed by atoms with van der Waals surface area (Å²) in [7, 11) is 0. The van der Waals surface area contributed by atoms with Gasteiger partial charge in [0.15, 0.2) is 0 Å². The number of ether oxygens (including phenoxy) is 2. The van der Waals surface area contributed by atoms with Crippen molar-refractivity contribution >= 4 is 0 Å². The van der Waals surface area contributed by atoms with E-state index in [1.807, 2.05) is 0 Å². The molecule has 0 spiro atoms. The highest BCUT2D eigenvalue weighted by Crippen LogP contribution is 2.11. The van der Waals surface area contributed by atoms with Gasteiger partial charge < -0.3 is 15.2 Å². The van der Waals surface area contributed by atoms with E-state index in [2.05, 4.69) is 35.2 Å². The molecule has 0 radical (unpaired) electrons. The largest absolute Gasteiger partial charge is 0.355 e. The quantitative estimate of drug-likeness (QED) is 0.812. The number of rotatable bonds is 7. The Morgan fingerprint density at radius 1 is 1.26 bits per heavy atom. The van der Waals surface area contributed by atoms with Crippen molar-refractivity contribution in [2.75, 3.05) is 33.0 Å². The van der Waals surface area contributed by atoms with Gasteiger partial charge in [-0.1, -0.05) is 30.3 Å². The van der Waals surface area contributed by atoms with Crippen LogP contribution in [0.25, 0.3) is 0 Å². The van der Waals surface area contributed by atoms with Crippen LogP contribution in [0, 0.1) is 0 Å². The van der Waals surface area contributed by atoms with Crippen LogP contribution in [-0.4, -0.2) is 44.0 Å². The second-order valence-electron chi connectivity index (χ2n) is 4.97. The van der Waals surface area contributed by atoms with E-state index in [1.165, 1.54) is 5.56 Å². The minimum Gasteiger partial charge on any atom is -0.355 e. The maximum atomic E-state index is 5.63. The SMILES string of the molecule is NCCCN(Cc1ccccc1)CC1CCOCO1. The first-order valence-electron chi connectivity index (χ1n) is 7.04. The highest BCUT2D eigenvalue weighted by atomic mass is 16.7. The molecular formula is C15H24N2O2. The molecule has 1 saturated heterocycles. The molecule has 2 rings (SSSR count). The Morgan fingerprint density at radius 3 is 2.79 bits per heavy atom. The van der Waals surface area contributed by atoms with Gasteiger partial charge in [0.25, 0.3) is 0 Å². The molecule has 1 aromatic rings. The number of hydrogen-bond donors (Lipinski definition) is 1. The predicted molar refractivity (Wildman–Crippen MR) is 75.7 cm³/mol. The Kier molecular flexibility index (Phi) is 6.30. The van der Waals surface area contributed by atoms with E-state index in [1.54, 1.807) is 0 Å². The molecule has 1 fully saturated rings. The van der Waals surface area contributed by atoms with E-state index in [9.17, 15) is 0 Å². The van der Waals surface area contributed by atoms with Gasteiger partial charge in [0.2, 0.25) is 0 Å². The third-order valence-corrected chi connectivity index (χ3v) is 3.36. The fourth-order valence-electron chi connectivity index (χ4n) is 2.32. The first-order chi connectivity index (χ1) is 9.38. The molecule has 0 aromatic heterocycles. The van der Waals surface area contributed by atoms with Crippen LogP contribution in [0.1, 0.15) is 18.4 Å². The lowest BCUT2D eigenvalue weighted by Gasteiger charge is -2.29. The summed E-state index contributed by atoms with van der Waals surface area (Å²) in [6.45, 7) is 4.91. The number of nitrogens with zero attached hydrogens (tertiary/aromatic N) is 1. The monoisotopic (exact) mass is 264 g/mol.